The van der Waals surface area contributed by atoms with Crippen molar-refractivity contribution in [3.05, 3.63) is 99.6 Å². The van der Waals surface area contributed by atoms with Crippen LogP contribution in [0.1, 0.15) is 61.1 Å². The van der Waals surface area contributed by atoms with Crippen molar-refractivity contribution in [2.45, 2.75) is 32.0 Å². The highest BCUT2D eigenvalue weighted by Crippen LogP contribution is 2.27. The largest absolute Gasteiger partial charge is 0.493 e. The zero-order valence-electron chi connectivity index (χ0n) is 21.8. The van der Waals surface area contributed by atoms with Gasteiger partial charge in [0.1, 0.15) is 11.3 Å². The molecule has 8 nitrogen and oxygen atoms in total. The first-order valence-corrected chi connectivity index (χ1v) is 13.1. The maximum atomic E-state index is 14.6. The number of aliphatic imine (C=N–C) groups is 1. The predicted molar refractivity (Wildman–Crippen MR) is 145 cm³/mol. The summed E-state index contributed by atoms with van der Waals surface area (Å²) in [5, 5.41) is 9.09. The number of carbonyl (C=O) groups is 3. The predicted octanol–water partition coefficient (Wildman–Crippen LogP) is 3.42. The van der Waals surface area contributed by atoms with Crippen LogP contribution in [0.4, 0.5) is 8.78 Å². The van der Waals surface area contributed by atoms with E-state index in [1.54, 1.807) is 12.3 Å². The number of nitrogens with one attached hydrogen (secondary N) is 3. The normalized spacial score (nSPS) is 17.4. The van der Waals surface area contributed by atoms with E-state index in [1.807, 2.05) is 19.1 Å². The Labute approximate surface area is 229 Å². The lowest BCUT2D eigenvalue weighted by Crippen LogP contribution is -2.51. The van der Waals surface area contributed by atoms with Crippen molar-refractivity contribution in [1.82, 2.24) is 16.0 Å². The summed E-state index contributed by atoms with van der Waals surface area (Å²) < 4.78 is 33.9. The Balaban J connectivity index is 1.24. The van der Waals surface area contributed by atoms with Crippen LogP contribution in [0, 0.1) is 11.6 Å². The molecule has 0 aliphatic carbocycles. The molecular formula is C30H28F2N4O4. The van der Waals surface area contributed by atoms with E-state index in [1.165, 1.54) is 30.3 Å². The maximum absolute atomic E-state index is 14.6. The number of halogens is 2. The van der Waals surface area contributed by atoms with Gasteiger partial charge >= 0.3 is 0 Å². The molecule has 206 valence electrons. The van der Waals surface area contributed by atoms with Gasteiger partial charge in [-0.2, -0.15) is 0 Å². The summed E-state index contributed by atoms with van der Waals surface area (Å²) in [6.07, 6.45) is 2.41. The number of carbonyl (C=O) groups excluding carboxylic acids is 3. The molecule has 0 radical (unpaired) electrons. The van der Waals surface area contributed by atoms with Crippen molar-refractivity contribution < 1.29 is 27.9 Å². The summed E-state index contributed by atoms with van der Waals surface area (Å²) in [5.74, 6) is -3.86. The van der Waals surface area contributed by atoms with Gasteiger partial charge in [-0.15, -0.1) is 0 Å². The molecule has 2 aliphatic rings. The van der Waals surface area contributed by atoms with Gasteiger partial charge < -0.3 is 20.7 Å². The second-order valence-electron chi connectivity index (χ2n) is 9.69. The molecule has 2 aliphatic heterocycles. The summed E-state index contributed by atoms with van der Waals surface area (Å²) in [6.45, 7) is 3.59. The molecule has 2 amide bonds. The number of amides is 2. The molecule has 10 heteroatoms. The summed E-state index contributed by atoms with van der Waals surface area (Å²) in [5.41, 5.74) is 2.39. The fourth-order valence-corrected chi connectivity index (χ4v) is 4.73. The van der Waals surface area contributed by atoms with Crippen molar-refractivity contribution in [2.24, 2.45) is 4.99 Å². The highest BCUT2D eigenvalue weighted by Gasteiger charge is 2.30. The van der Waals surface area contributed by atoms with Gasteiger partial charge in [-0.1, -0.05) is 25.1 Å². The van der Waals surface area contributed by atoms with Crippen molar-refractivity contribution in [2.75, 3.05) is 19.7 Å². The van der Waals surface area contributed by atoms with Gasteiger partial charge in [0.2, 0.25) is 0 Å². The van der Waals surface area contributed by atoms with E-state index < -0.39 is 28.9 Å². The van der Waals surface area contributed by atoms with E-state index in [4.69, 9.17) is 4.74 Å². The lowest BCUT2D eigenvalue weighted by molar-refractivity contribution is 0.0896. The minimum absolute atomic E-state index is 0.0392. The number of fused-ring (bicyclic) bond motifs is 1. The van der Waals surface area contributed by atoms with E-state index in [-0.39, 0.29) is 41.5 Å². The van der Waals surface area contributed by atoms with Crippen LogP contribution in [0.25, 0.3) is 0 Å². The molecule has 40 heavy (non-hydrogen) atoms. The Morgan fingerprint density at radius 2 is 1.57 bits per heavy atom. The van der Waals surface area contributed by atoms with E-state index >= 15 is 0 Å². The number of nitrogens with zero attached hydrogens (tertiary/aromatic N) is 1. The van der Waals surface area contributed by atoms with Gasteiger partial charge in [0.05, 0.1) is 25.2 Å². The zero-order valence-corrected chi connectivity index (χ0v) is 21.8. The Kier molecular flexibility index (Phi) is 7.97. The molecule has 3 aromatic carbocycles. The third-order valence-electron chi connectivity index (χ3n) is 6.90. The fraction of sp³-hybridized carbons (Fsp3) is 0.267. The molecule has 1 saturated heterocycles. The van der Waals surface area contributed by atoms with Crippen LogP contribution >= 0.6 is 0 Å². The van der Waals surface area contributed by atoms with Crippen molar-refractivity contribution >= 4 is 23.8 Å². The molecule has 3 aromatic rings. The summed E-state index contributed by atoms with van der Waals surface area (Å²) >= 11 is 0. The molecule has 0 spiro atoms. The van der Waals surface area contributed by atoms with Crippen LogP contribution in [-0.2, 0) is 6.54 Å². The summed E-state index contributed by atoms with van der Waals surface area (Å²) in [7, 11) is 0. The second-order valence-corrected chi connectivity index (χ2v) is 9.69. The number of hydrogen-bond donors (Lipinski definition) is 3. The minimum atomic E-state index is -1.28. The monoisotopic (exact) mass is 546 g/mol. The SMILES string of the molecule is CCCOc1ccc(F)c(F)c1C(=O)c1ccc(C(=O)N[C@@H]2CNC[C@@H]2NC(=O)c2ccc3c(c2)CN=C3)cc1. The highest BCUT2D eigenvalue weighted by molar-refractivity contribution is 6.11. The van der Waals surface area contributed by atoms with Crippen molar-refractivity contribution in [3.63, 3.8) is 0 Å². The molecule has 0 unspecified atom stereocenters. The van der Waals surface area contributed by atoms with Gasteiger partial charge in [-0.25, -0.2) is 8.78 Å². The molecule has 2 heterocycles. The second kappa shape index (κ2) is 11.7. The van der Waals surface area contributed by atoms with Crippen LogP contribution in [-0.4, -0.2) is 55.6 Å². The average molecular weight is 547 g/mol. The van der Waals surface area contributed by atoms with Gasteiger partial charge in [0.25, 0.3) is 11.8 Å². The minimum Gasteiger partial charge on any atom is -0.493 e. The molecule has 3 N–H and O–H groups in total. The fourth-order valence-electron chi connectivity index (χ4n) is 4.73. The van der Waals surface area contributed by atoms with Crippen molar-refractivity contribution in [3.8, 4) is 5.75 Å². The molecular weight excluding hydrogens is 518 g/mol. The first-order chi connectivity index (χ1) is 19.4. The zero-order chi connectivity index (χ0) is 28.2. The summed E-state index contributed by atoms with van der Waals surface area (Å²) in [4.78, 5) is 43.1. The number of hydrogen-bond acceptors (Lipinski definition) is 6. The highest BCUT2D eigenvalue weighted by atomic mass is 19.2. The van der Waals surface area contributed by atoms with E-state index in [0.717, 1.165) is 17.2 Å². The van der Waals surface area contributed by atoms with Gasteiger partial charge in [0, 0.05) is 36.0 Å². The number of ketones is 1. The third kappa shape index (κ3) is 5.62. The standard InChI is InChI=1S/C30H28F2N4O4/c1-2-11-40-25-10-9-22(31)27(32)26(25)28(37)17-3-5-18(6-4-17)29(38)35-23-15-34-16-24(23)36-30(39)19-7-8-20-13-33-14-21(20)12-19/h3-10,12-13,23-24,34H,2,11,14-16H2,1H3,(H,35,38)(H,36,39)/t23-,24+/m1/s1. The Morgan fingerprint density at radius 3 is 2.27 bits per heavy atom. The van der Waals surface area contributed by atoms with Crippen LogP contribution in [0.2, 0.25) is 0 Å². The molecule has 5 rings (SSSR count). The number of benzene rings is 3. The van der Waals surface area contributed by atoms with Crippen LogP contribution in [0.15, 0.2) is 59.6 Å². The number of ether oxygens (including phenoxy) is 1. The lowest BCUT2D eigenvalue weighted by Gasteiger charge is -2.21. The first kappa shape index (κ1) is 27.1. The molecule has 0 bridgehead atoms. The molecule has 1 fully saturated rings. The van der Waals surface area contributed by atoms with Crippen LogP contribution in [0.3, 0.4) is 0 Å². The lowest BCUT2D eigenvalue weighted by atomic mass is 10.00. The third-order valence-corrected chi connectivity index (χ3v) is 6.90. The quantitative estimate of drug-likeness (QED) is 0.357. The van der Waals surface area contributed by atoms with Crippen LogP contribution < -0.4 is 20.7 Å². The average Bonchev–Trinajstić information content (AvgIpc) is 3.62. The Bertz CT molecular complexity index is 1490. The van der Waals surface area contributed by atoms with Gasteiger partial charge in [-0.05, 0) is 53.9 Å². The molecule has 0 aromatic heterocycles. The van der Waals surface area contributed by atoms with Crippen LogP contribution in [0.5, 0.6) is 5.75 Å². The van der Waals surface area contributed by atoms with E-state index in [9.17, 15) is 23.2 Å². The topological polar surface area (TPSA) is 109 Å². The first-order valence-electron chi connectivity index (χ1n) is 13.1. The smallest absolute Gasteiger partial charge is 0.251 e. The van der Waals surface area contributed by atoms with E-state index in [2.05, 4.69) is 20.9 Å². The van der Waals surface area contributed by atoms with Crippen molar-refractivity contribution in [1.29, 1.82) is 0 Å². The number of rotatable bonds is 9. The van der Waals surface area contributed by atoms with Gasteiger partial charge in [-0.3, -0.25) is 19.4 Å². The molecule has 2 atom stereocenters. The molecule has 0 saturated carbocycles. The van der Waals surface area contributed by atoms with E-state index in [0.29, 0.717) is 31.6 Å². The Hall–Kier alpha value is -4.44. The Morgan fingerprint density at radius 1 is 0.925 bits per heavy atom. The van der Waals surface area contributed by atoms with Gasteiger partial charge in [0.15, 0.2) is 17.4 Å². The maximum Gasteiger partial charge on any atom is 0.251 e. The summed E-state index contributed by atoms with van der Waals surface area (Å²) in [6, 6.07) is 12.5.